The first-order valence-electron chi connectivity index (χ1n) is 5.77. The standard InChI is InChI=1S/C14H11FN2O3/c1-8-4-10(20-13(8)14(18)19)7-17-12-3-2-9(6-16)5-11(12)15/h2-5,17H,7H2,1H3,(H,18,19). The summed E-state index contributed by atoms with van der Waals surface area (Å²) in [7, 11) is 0. The van der Waals surface area contributed by atoms with Crippen molar-refractivity contribution in [2.45, 2.75) is 13.5 Å². The molecule has 102 valence electrons. The minimum atomic E-state index is -1.14. The Balaban J connectivity index is 2.11. The van der Waals surface area contributed by atoms with E-state index < -0.39 is 11.8 Å². The molecule has 0 radical (unpaired) electrons. The molecule has 0 aliphatic carbocycles. The van der Waals surface area contributed by atoms with E-state index in [2.05, 4.69) is 5.32 Å². The first-order valence-corrected chi connectivity index (χ1v) is 5.77. The number of hydrogen-bond donors (Lipinski definition) is 2. The number of benzene rings is 1. The highest BCUT2D eigenvalue weighted by molar-refractivity contribution is 5.86. The first kappa shape index (κ1) is 13.6. The number of rotatable bonds is 4. The minimum absolute atomic E-state index is 0.123. The number of nitriles is 1. The third-order valence-electron chi connectivity index (χ3n) is 2.71. The highest BCUT2D eigenvalue weighted by Crippen LogP contribution is 2.19. The van der Waals surface area contributed by atoms with Crippen molar-refractivity contribution in [2.24, 2.45) is 0 Å². The molecular formula is C14H11FN2O3. The van der Waals surface area contributed by atoms with E-state index in [-0.39, 0.29) is 23.6 Å². The van der Waals surface area contributed by atoms with Crippen LogP contribution in [0, 0.1) is 24.1 Å². The number of nitrogens with zero attached hydrogens (tertiary/aromatic N) is 1. The Hall–Kier alpha value is -2.81. The summed E-state index contributed by atoms with van der Waals surface area (Å²) in [5.41, 5.74) is 0.958. The Labute approximate surface area is 114 Å². The number of hydrogen-bond acceptors (Lipinski definition) is 4. The van der Waals surface area contributed by atoms with Gasteiger partial charge in [-0.25, -0.2) is 9.18 Å². The molecule has 0 aliphatic heterocycles. The van der Waals surface area contributed by atoms with Gasteiger partial charge in [0.15, 0.2) is 0 Å². The van der Waals surface area contributed by atoms with Crippen LogP contribution in [0.25, 0.3) is 0 Å². The van der Waals surface area contributed by atoms with E-state index in [0.717, 1.165) is 6.07 Å². The monoisotopic (exact) mass is 274 g/mol. The number of anilines is 1. The fourth-order valence-corrected chi connectivity index (χ4v) is 1.76. The third kappa shape index (κ3) is 2.78. The largest absolute Gasteiger partial charge is 0.475 e. The molecule has 0 spiro atoms. The van der Waals surface area contributed by atoms with Gasteiger partial charge in [-0.2, -0.15) is 5.26 Å². The highest BCUT2D eigenvalue weighted by Gasteiger charge is 2.14. The molecule has 2 rings (SSSR count). The van der Waals surface area contributed by atoms with Crippen LogP contribution in [-0.4, -0.2) is 11.1 Å². The van der Waals surface area contributed by atoms with E-state index >= 15 is 0 Å². The number of aromatic carboxylic acids is 1. The van der Waals surface area contributed by atoms with E-state index in [1.54, 1.807) is 13.0 Å². The van der Waals surface area contributed by atoms with Gasteiger partial charge in [0.25, 0.3) is 0 Å². The second-order valence-corrected chi connectivity index (χ2v) is 4.19. The minimum Gasteiger partial charge on any atom is -0.475 e. The predicted molar refractivity (Wildman–Crippen MR) is 68.8 cm³/mol. The Bertz CT molecular complexity index is 701. The second-order valence-electron chi connectivity index (χ2n) is 4.19. The van der Waals surface area contributed by atoms with Gasteiger partial charge in [-0.3, -0.25) is 0 Å². The summed E-state index contributed by atoms with van der Waals surface area (Å²) in [6.45, 7) is 1.77. The van der Waals surface area contributed by atoms with E-state index in [9.17, 15) is 9.18 Å². The SMILES string of the molecule is Cc1cc(CNc2ccc(C#N)cc2F)oc1C(=O)O. The van der Waals surface area contributed by atoms with E-state index in [1.165, 1.54) is 12.1 Å². The average molecular weight is 274 g/mol. The molecule has 1 aromatic carbocycles. The van der Waals surface area contributed by atoms with Crippen molar-refractivity contribution in [2.75, 3.05) is 5.32 Å². The molecule has 0 saturated carbocycles. The lowest BCUT2D eigenvalue weighted by atomic mass is 10.2. The summed E-state index contributed by atoms with van der Waals surface area (Å²) >= 11 is 0. The van der Waals surface area contributed by atoms with Gasteiger partial charge >= 0.3 is 5.97 Å². The van der Waals surface area contributed by atoms with E-state index in [1.807, 2.05) is 6.07 Å². The van der Waals surface area contributed by atoms with Gasteiger partial charge in [-0.1, -0.05) is 0 Å². The van der Waals surface area contributed by atoms with Crippen molar-refractivity contribution < 1.29 is 18.7 Å². The van der Waals surface area contributed by atoms with Gasteiger partial charge in [0.05, 0.1) is 23.9 Å². The molecule has 0 bridgehead atoms. The number of aryl methyl sites for hydroxylation is 1. The predicted octanol–water partition coefficient (Wildman–Crippen LogP) is 2.91. The summed E-state index contributed by atoms with van der Waals surface area (Å²) in [6.07, 6.45) is 0. The molecule has 0 fully saturated rings. The lowest BCUT2D eigenvalue weighted by Crippen LogP contribution is -2.01. The van der Waals surface area contributed by atoms with Crippen molar-refractivity contribution in [1.82, 2.24) is 0 Å². The van der Waals surface area contributed by atoms with Gasteiger partial charge in [0.2, 0.25) is 5.76 Å². The van der Waals surface area contributed by atoms with Gasteiger partial charge in [-0.15, -0.1) is 0 Å². The highest BCUT2D eigenvalue weighted by atomic mass is 19.1. The zero-order valence-electron chi connectivity index (χ0n) is 10.6. The number of furan rings is 1. The third-order valence-corrected chi connectivity index (χ3v) is 2.71. The molecule has 1 heterocycles. The Kier molecular flexibility index (Phi) is 3.71. The molecule has 0 unspecified atom stereocenters. The van der Waals surface area contributed by atoms with E-state index in [0.29, 0.717) is 11.3 Å². The van der Waals surface area contributed by atoms with Crippen molar-refractivity contribution in [3.8, 4) is 6.07 Å². The van der Waals surface area contributed by atoms with E-state index in [4.69, 9.17) is 14.8 Å². The van der Waals surface area contributed by atoms with Crippen LogP contribution in [0.1, 0.15) is 27.4 Å². The average Bonchev–Trinajstić information content (AvgIpc) is 2.78. The summed E-state index contributed by atoms with van der Waals surface area (Å²) in [5.74, 6) is -1.42. The van der Waals surface area contributed by atoms with Crippen LogP contribution in [0.2, 0.25) is 0 Å². The molecule has 0 aliphatic rings. The first-order chi connectivity index (χ1) is 9.51. The van der Waals surface area contributed by atoms with Gasteiger partial charge in [0, 0.05) is 5.56 Å². The van der Waals surface area contributed by atoms with Crippen LogP contribution in [-0.2, 0) is 6.54 Å². The zero-order valence-corrected chi connectivity index (χ0v) is 10.6. The van der Waals surface area contributed by atoms with Gasteiger partial charge in [0.1, 0.15) is 11.6 Å². The van der Waals surface area contributed by atoms with Crippen molar-refractivity contribution in [3.05, 3.63) is 52.7 Å². The molecule has 5 nitrogen and oxygen atoms in total. The number of carboxylic acid groups (broad SMARTS) is 1. The Morgan fingerprint density at radius 2 is 2.25 bits per heavy atom. The number of carbonyl (C=O) groups is 1. The Morgan fingerprint density at radius 1 is 1.50 bits per heavy atom. The molecule has 2 aromatic rings. The van der Waals surface area contributed by atoms with Gasteiger partial charge < -0.3 is 14.8 Å². The van der Waals surface area contributed by atoms with Crippen molar-refractivity contribution >= 4 is 11.7 Å². The molecule has 1 aromatic heterocycles. The van der Waals surface area contributed by atoms with Crippen LogP contribution in [0.4, 0.5) is 10.1 Å². The Morgan fingerprint density at radius 3 is 2.80 bits per heavy atom. The number of nitrogens with one attached hydrogen (secondary N) is 1. The van der Waals surface area contributed by atoms with Crippen LogP contribution in [0.3, 0.4) is 0 Å². The maximum atomic E-state index is 13.6. The lowest BCUT2D eigenvalue weighted by Gasteiger charge is -2.05. The van der Waals surface area contributed by atoms with Crippen LogP contribution < -0.4 is 5.32 Å². The van der Waals surface area contributed by atoms with Crippen LogP contribution in [0.5, 0.6) is 0 Å². The number of halogens is 1. The maximum Gasteiger partial charge on any atom is 0.372 e. The normalized spacial score (nSPS) is 10.1. The van der Waals surface area contributed by atoms with Crippen molar-refractivity contribution in [3.63, 3.8) is 0 Å². The zero-order chi connectivity index (χ0) is 14.7. The maximum absolute atomic E-state index is 13.6. The smallest absolute Gasteiger partial charge is 0.372 e. The van der Waals surface area contributed by atoms with Crippen molar-refractivity contribution in [1.29, 1.82) is 5.26 Å². The molecule has 20 heavy (non-hydrogen) atoms. The lowest BCUT2D eigenvalue weighted by molar-refractivity contribution is 0.0659. The van der Waals surface area contributed by atoms with Crippen LogP contribution >= 0.6 is 0 Å². The fraction of sp³-hybridized carbons (Fsp3) is 0.143. The molecule has 2 N–H and O–H groups in total. The topological polar surface area (TPSA) is 86.3 Å². The van der Waals surface area contributed by atoms with Gasteiger partial charge in [-0.05, 0) is 31.2 Å². The summed E-state index contributed by atoms with van der Waals surface area (Å²) in [6, 6.07) is 7.48. The molecule has 6 heteroatoms. The molecular weight excluding hydrogens is 263 g/mol. The quantitative estimate of drug-likeness (QED) is 0.895. The summed E-state index contributed by atoms with van der Waals surface area (Å²) in [5, 5.41) is 20.3. The number of carboxylic acids is 1. The molecule has 0 atom stereocenters. The summed E-state index contributed by atoms with van der Waals surface area (Å²) in [4.78, 5) is 10.8. The second kappa shape index (κ2) is 5.45. The fourth-order valence-electron chi connectivity index (χ4n) is 1.76. The molecule has 0 amide bonds. The molecule has 0 saturated heterocycles. The summed E-state index contributed by atoms with van der Waals surface area (Å²) < 4.78 is 18.8. The van der Waals surface area contributed by atoms with Crippen LogP contribution in [0.15, 0.2) is 28.7 Å².